The molecule has 0 atom stereocenters. The Balaban J connectivity index is 2.42. The van der Waals surface area contributed by atoms with Crippen molar-refractivity contribution in [2.24, 2.45) is 5.41 Å². The normalized spacial score (nSPS) is 21.1. The molecule has 0 radical (unpaired) electrons. The highest BCUT2D eigenvalue weighted by Crippen LogP contribution is 2.35. The van der Waals surface area contributed by atoms with Crippen LogP contribution < -0.4 is 5.32 Å². The molecule has 1 fully saturated rings. The number of rotatable bonds is 3. The summed E-state index contributed by atoms with van der Waals surface area (Å²) < 4.78 is 0. The molecule has 13 heavy (non-hydrogen) atoms. The molecule has 1 rings (SSSR count). The lowest BCUT2D eigenvalue weighted by atomic mass is 9.75. The topological polar surface area (TPSA) is 49.3 Å². The Kier molecular flexibility index (Phi) is 3.72. The third-order valence-electron chi connectivity index (χ3n) is 2.90. The van der Waals surface area contributed by atoms with Crippen molar-refractivity contribution in [3.8, 4) is 0 Å². The van der Waals surface area contributed by atoms with Crippen LogP contribution in [0.1, 0.15) is 39.0 Å². The molecule has 1 amide bonds. The summed E-state index contributed by atoms with van der Waals surface area (Å²) >= 11 is 0. The van der Waals surface area contributed by atoms with Crippen LogP contribution in [0.4, 0.5) is 0 Å². The second kappa shape index (κ2) is 4.61. The van der Waals surface area contributed by atoms with E-state index >= 15 is 0 Å². The molecule has 1 aliphatic carbocycles. The van der Waals surface area contributed by atoms with Crippen LogP contribution in [0, 0.1) is 5.41 Å². The highest BCUT2D eigenvalue weighted by atomic mass is 16.3. The summed E-state index contributed by atoms with van der Waals surface area (Å²) in [5.41, 5.74) is -0.173. The van der Waals surface area contributed by atoms with Gasteiger partial charge in [0.15, 0.2) is 0 Å². The summed E-state index contributed by atoms with van der Waals surface area (Å²) in [4.78, 5) is 11.7. The van der Waals surface area contributed by atoms with Crippen LogP contribution in [0.5, 0.6) is 0 Å². The van der Waals surface area contributed by atoms with Crippen LogP contribution in [0.3, 0.4) is 0 Å². The Morgan fingerprint density at radius 1 is 1.38 bits per heavy atom. The third-order valence-corrected chi connectivity index (χ3v) is 2.90. The summed E-state index contributed by atoms with van der Waals surface area (Å²) in [6.07, 6.45) is 5.55. The molecule has 0 heterocycles. The zero-order valence-electron chi connectivity index (χ0n) is 8.31. The number of carbonyl (C=O) groups is 1. The van der Waals surface area contributed by atoms with Crippen LogP contribution in [0.2, 0.25) is 0 Å². The molecule has 0 aromatic carbocycles. The molecule has 0 aromatic heterocycles. The van der Waals surface area contributed by atoms with E-state index in [2.05, 4.69) is 5.32 Å². The quantitative estimate of drug-likeness (QED) is 0.691. The number of carbonyl (C=O) groups excluding carboxylic acids is 1. The first kappa shape index (κ1) is 10.5. The SMILES string of the molecule is CC1(C(=O)NCCO)CCCCC1. The van der Waals surface area contributed by atoms with Gasteiger partial charge in [0.2, 0.25) is 5.91 Å². The largest absolute Gasteiger partial charge is 0.395 e. The molecule has 0 aliphatic heterocycles. The Hall–Kier alpha value is -0.570. The second-order valence-electron chi connectivity index (χ2n) is 4.10. The molecule has 3 heteroatoms. The molecule has 76 valence electrons. The monoisotopic (exact) mass is 185 g/mol. The number of hydrogen-bond donors (Lipinski definition) is 2. The molecule has 0 aromatic rings. The van der Waals surface area contributed by atoms with Gasteiger partial charge in [0.05, 0.1) is 6.61 Å². The van der Waals surface area contributed by atoms with Crippen LogP contribution in [-0.4, -0.2) is 24.2 Å². The predicted molar refractivity (Wildman–Crippen MR) is 51.3 cm³/mol. The smallest absolute Gasteiger partial charge is 0.226 e. The first-order valence-electron chi connectivity index (χ1n) is 5.08. The minimum atomic E-state index is -0.173. The predicted octanol–water partition coefficient (Wildman–Crippen LogP) is 1.07. The van der Waals surface area contributed by atoms with E-state index in [9.17, 15) is 4.79 Å². The zero-order valence-corrected chi connectivity index (χ0v) is 8.31. The van der Waals surface area contributed by atoms with Gasteiger partial charge in [-0.25, -0.2) is 0 Å². The highest BCUT2D eigenvalue weighted by molar-refractivity contribution is 5.82. The molecular formula is C10H19NO2. The van der Waals surface area contributed by atoms with E-state index in [1.54, 1.807) is 0 Å². The lowest BCUT2D eigenvalue weighted by molar-refractivity contribution is -0.132. The number of aliphatic hydroxyl groups is 1. The standard InChI is InChI=1S/C10H19NO2/c1-10(5-3-2-4-6-10)9(13)11-7-8-12/h12H,2-8H2,1H3,(H,11,13). The fourth-order valence-electron chi connectivity index (χ4n) is 1.94. The summed E-state index contributed by atoms with van der Waals surface area (Å²) in [6.45, 7) is 2.44. The van der Waals surface area contributed by atoms with E-state index in [4.69, 9.17) is 5.11 Å². The Morgan fingerprint density at radius 3 is 2.54 bits per heavy atom. The van der Waals surface area contributed by atoms with Crippen molar-refractivity contribution in [3.05, 3.63) is 0 Å². The van der Waals surface area contributed by atoms with Crippen molar-refractivity contribution in [1.82, 2.24) is 5.32 Å². The Bertz CT molecular complexity index is 174. The number of aliphatic hydroxyl groups excluding tert-OH is 1. The summed E-state index contributed by atoms with van der Waals surface area (Å²) in [5.74, 6) is 0.112. The summed E-state index contributed by atoms with van der Waals surface area (Å²) in [5, 5.41) is 11.3. The highest BCUT2D eigenvalue weighted by Gasteiger charge is 2.33. The van der Waals surface area contributed by atoms with Gasteiger partial charge < -0.3 is 10.4 Å². The molecule has 0 bridgehead atoms. The fourth-order valence-corrected chi connectivity index (χ4v) is 1.94. The molecule has 0 saturated heterocycles. The van der Waals surface area contributed by atoms with Crippen LogP contribution in [0.25, 0.3) is 0 Å². The van der Waals surface area contributed by atoms with Crippen molar-refractivity contribution in [3.63, 3.8) is 0 Å². The zero-order chi connectivity index (χ0) is 9.73. The van der Waals surface area contributed by atoms with Gasteiger partial charge in [-0.1, -0.05) is 26.2 Å². The van der Waals surface area contributed by atoms with E-state index in [0.29, 0.717) is 6.54 Å². The van der Waals surface area contributed by atoms with Gasteiger partial charge in [-0.2, -0.15) is 0 Å². The van der Waals surface area contributed by atoms with E-state index in [1.807, 2.05) is 6.92 Å². The van der Waals surface area contributed by atoms with E-state index < -0.39 is 0 Å². The molecule has 1 saturated carbocycles. The van der Waals surface area contributed by atoms with Gasteiger partial charge in [0, 0.05) is 12.0 Å². The van der Waals surface area contributed by atoms with Crippen molar-refractivity contribution in [2.45, 2.75) is 39.0 Å². The molecule has 3 nitrogen and oxygen atoms in total. The lowest BCUT2D eigenvalue weighted by Crippen LogP contribution is -2.41. The van der Waals surface area contributed by atoms with Crippen LogP contribution in [-0.2, 0) is 4.79 Å². The minimum Gasteiger partial charge on any atom is -0.395 e. The van der Waals surface area contributed by atoms with E-state index in [-0.39, 0.29) is 17.9 Å². The molecule has 0 unspecified atom stereocenters. The molecular weight excluding hydrogens is 166 g/mol. The van der Waals surface area contributed by atoms with Gasteiger partial charge >= 0.3 is 0 Å². The average Bonchev–Trinajstić information content (AvgIpc) is 2.15. The van der Waals surface area contributed by atoms with Crippen molar-refractivity contribution < 1.29 is 9.90 Å². The van der Waals surface area contributed by atoms with Gasteiger partial charge in [-0.3, -0.25) is 4.79 Å². The second-order valence-corrected chi connectivity index (χ2v) is 4.10. The first-order valence-corrected chi connectivity index (χ1v) is 5.08. The number of nitrogens with one attached hydrogen (secondary N) is 1. The maximum atomic E-state index is 11.7. The van der Waals surface area contributed by atoms with Crippen molar-refractivity contribution >= 4 is 5.91 Å². The Morgan fingerprint density at radius 2 is 2.00 bits per heavy atom. The van der Waals surface area contributed by atoms with Gasteiger partial charge in [-0.15, -0.1) is 0 Å². The van der Waals surface area contributed by atoms with E-state index in [1.165, 1.54) is 6.42 Å². The minimum absolute atomic E-state index is 0.0296. The van der Waals surface area contributed by atoms with Crippen LogP contribution in [0.15, 0.2) is 0 Å². The fraction of sp³-hybridized carbons (Fsp3) is 0.900. The lowest BCUT2D eigenvalue weighted by Gasteiger charge is -2.31. The average molecular weight is 185 g/mol. The number of amides is 1. The van der Waals surface area contributed by atoms with E-state index in [0.717, 1.165) is 25.7 Å². The summed E-state index contributed by atoms with van der Waals surface area (Å²) in [7, 11) is 0. The van der Waals surface area contributed by atoms with Gasteiger partial charge in [0.1, 0.15) is 0 Å². The molecule has 2 N–H and O–H groups in total. The third kappa shape index (κ3) is 2.69. The number of hydrogen-bond acceptors (Lipinski definition) is 2. The van der Waals surface area contributed by atoms with Gasteiger partial charge in [0.25, 0.3) is 0 Å². The first-order chi connectivity index (χ1) is 6.19. The summed E-state index contributed by atoms with van der Waals surface area (Å²) in [6, 6.07) is 0. The molecule has 0 spiro atoms. The van der Waals surface area contributed by atoms with Gasteiger partial charge in [-0.05, 0) is 12.8 Å². The maximum absolute atomic E-state index is 11.7. The Labute approximate surface area is 79.5 Å². The van der Waals surface area contributed by atoms with Crippen molar-refractivity contribution in [1.29, 1.82) is 0 Å². The maximum Gasteiger partial charge on any atom is 0.226 e. The van der Waals surface area contributed by atoms with Crippen LogP contribution >= 0.6 is 0 Å². The molecule has 1 aliphatic rings. The van der Waals surface area contributed by atoms with Crippen molar-refractivity contribution in [2.75, 3.05) is 13.2 Å².